The molecule has 3 heterocycles. The lowest BCUT2D eigenvalue weighted by Gasteiger charge is -2.06. The van der Waals surface area contributed by atoms with Crippen LogP contribution in [-0.2, 0) is 6.42 Å². The molecule has 1 amide bonds. The van der Waals surface area contributed by atoms with Crippen LogP contribution in [0.25, 0.3) is 16.6 Å². The maximum absolute atomic E-state index is 12.6. The van der Waals surface area contributed by atoms with Gasteiger partial charge in [-0.3, -0.25) is 14.0 Å². The van der Waals surface area contributed by atoms with E-state index in [1.165, 1.54) is 6.20 Å². The maximum atomic E-state index is 12.6. The lowest BCUT2D eigenvalue weighted by molar-refractivity contribution is 0.0952. The molecule has 136 valence electrons. The maximum Gasteiger partial charge on any atom is 0.256 e. The van der Waals surface area contributed by atoms with Crippen molar-refractivity contribution in [2.24, 2.45) is 0 Å². The van der Waals surface area contributed by atoms with E-state index < -0.39 is 5.91 Å². The zero-order valence-corrected chi connectivity index (χ0v) is 14.6. The van der Waals surface area contributed by atoms with Crippen LogP contribution in [0.2, 0.25) is 0 Å². The van der Waals surface area contributed by atoms with Crippen molar-refractivity contribution in [2.75, 3.05) is 13.7 Å². The first-order chi connectivity index (χ1) is 13.2. The van der Waals surface area contributed by atoms with Crippen LogP contribution in [-0.4, -0.2) is 39.1 Å². The van der Waals surface area contributed by atoms with E-state index in [1.807, 2.05) is 28.8 Å². The molecule has 4 aromatic rings. The van der Waals surface area contributed by atoms with Gasteiger partial charge in [-0.15, -0.1) is 10.2 Å². The molecule has 8 heteroatoms. The van der Waals surface area contributed by atoms with Crippen molar-refractivity contribution in [1.29, 1.82) is 0 Å². The molecule has 1 aromatic carbocycles. The number of H-pyrrole nitrogens is 1. The number of nitrogens with one attached hydrogen (secondary N) is 2. The molecule has 0 saturated carbocycles. The highest BCUT2D eigenvalue weighted by Gasteiger charge is 2.13. The van der Waals surface area contributed by atoms with Crippen LogP contribution in [0.4, 0.5) is 0 Å². The van der Waals surface area contributed by atoms with Crippen LogP contribution in [0.3, 0.4) is 0 Å². The Labute approximate surface area is 153 Å². The van der Waals surface area contributed by atoms with Crippen molar-refractivity contribution in [1.82, 2.24) is 24.9 Å². The second kappa shape index (κ2) is 6.91. The Morgan fingerprint density at radius 1 is 1.26 bits per heavy atom. The van der Waals surface area contributed by atoms with Gasteiger partial charge in [-0.1, -0.05) is 6.07 Å². The van der Waals surface area contributed by atoms with Gasteiger partial charge in [0.15, 0.2) is 5.65 Å². The second-order valence-corrected chi connectivity index (χ2v) is 5.99. The molecular weight excluding hydrogens is 346 g/mol. The molecule has 8 nitrogen and oxygen atoms in total. The summed E-state index contributed by atoms with van der Waals surface area (Å²) in [6.45, 7) is 0.342. The number of benzene rings is 1. The minimum absolute atomic E-state index is 0.0683. The lowest BCUT2D eigenvalue weighted by atomic mass is 10.1. The third kappa shape index (κ3) is 3.12. The molecule has 0 bridgehead atoms. The van der Waals surface area contributed by atoms with Gasteiger partial charge in [-0.25, -0.2) is 0 Å². The van der Waals surface area contributed by atoms with E-state index in [4.69, 9.17) is 4.74 Å². The summed E-state index contributed by atoms with van der Waals surface area (Å²) in [4.78, 5) is 28.0. The number of carbonyl (C=O) groups is 1. The first kappa shape index (κ1) is 16.8. The number of fused-ring (bicyclic) bond motifs is 2. The summed E-state index contributed by atoms with van der Waals surface area (Å²) in [7, 11) is 1.56. The standard InChI is InChI=1S/C19H17N5O3/c1-27-12-5-6-13-15(10-12)21-11-14(18(13)25)19(26)20-8-7-17-23-22-16-4-2-3-9-24(16)17/h2-6,9-11H,7-8H2,1H3,(H,20,26)(H,21,25). The largest absolute Gasteiger partial charge is 0.497 e. The highest BCUT2D eigenvalue weighted by molar-refractivity contribution is 5.97. The average Bonchev–Trinajstić information content (AvgIpc) is 3.11. The molecule has 0 spiro atoms. The number of aromatic amines is 1. The number of rotatable bonds is 5. The molecule has 0 radical (unpaired) electrons. The first-order valence-corrected chi connectivity index (χ1v) is 8.43. The predicted molar refractivity (Wildman–Crippen MR) is 100 cm³/mol. The molecule has 2 N–H and O–H groups in total. The smallest absolute Gasteiger partial charge is 0.256 e. The van der Waals surface area contributed by atoms with Crippen molar-refractivity contribution in [3.63, 3.8) is 0 Å². The van der Waals surface area contributed by atoms with Gasteiger partial charge in [0, 0.05) is 36.8 Å². The van der Waals surface area contributed by atoms with Crippen LogP contribution in [0.15, 0.2) is 53.6 Å². The van der Waals surface area contributed by atoms with Gasteiger partial charge in [0.1, 0.15) is 17.1 Å². The summed E-state index contributed by atoms with van der Waals surface area (Å²) in [6.07, 6.45) is 3.79. The molecule has 0 saturated heterocycles. The quantitative estimate of drug-likeness (QED) is 0.560. The van der Waals surface area contributed by atoms with E-state index in [0.29, 0.717) is 29.6 Å². The number of amides is 1. The highest BCUT2D eigenvalue weighted by Crippen LogP contribution is 2.16. The van der Waals surface area contributed by atoms with E-state index in [0.717, 1.165) is 11.5 Å². The minimum Gasteiger partial charge on any atom is -0.497 e. The molecule has 0 atom stereocenters. The number of aromatic nitrogens is 4. The molecule has 3 aromatic heterocycles. The van der Waals surface area contributed by atoms with E-state index in [-0.39, 0.29) is 11.0 Å². The summed E-state index contributed by atoms with van der Waals surface area (Å²) in [5.74, 6) is 0.948. The molecule has 0 aliphatic heterocycles. The van der Waals surface area contributed by atoms with Gasteiger partial charge in [0.2, 0.25) is 5.43 Å². The zero-order chi connectivity index (χ0) is 18.8. The zero-order valence-electron chi connectivity index (χ0n) is 14.6. The molecule has 0 fully saturated rings. The van der Waals surface area contributed by atoms with Gasteiger partial charge in [-0.2, -0.15) is 0 Å². The van der Waals surface area contributed by atoms with Crippen LogP contribution in [0.1, 0.15) is 16.2 Å². The van der Waals surface area contributed by atoms with Crippen LogP contribution in [0.5, 0.6) is 5.75 Å². The number of ether oxygens (including phenoxy) is 1. The van der Waals surface area contributed by atoms with E-state index in [9.17, 15) is 9.59 Å². The Morgan fingerprint density at radius 2 is 2.15 bits per heavy atom. The average molecular weight is 363 g/mol. The van der Waals surface area contributed by atoms with Crippen LogP contribution < -0.4 is 15.5 Å². The minimum atomic E-state index is -0.428. The highest BCUT2D eigenvalue weighted by atomic mass is 16.5. The predicted octanol–water partition coefficient (Wildman–Crippen LogP) is 1.55. The lowest BCUT2D eigenvalue weighted by Crippen LogP contribution is -2.30. The van der Waals surface area contributed by atoms with Gasteiger partial charge in [-0.05, 0) is 24.3 Å². The Morgan fingerprint density at radius 3 is 3.00 bits per heavy atom. The fourth-order valence-electron chi connectivity index (χ4n) is 2.94. The van der Waals surface area contributed by atoms with E-state index in [2.05, 4.69) is 20.5 Å². The van der Waals surface area contributed by atoms with Crippen molar-refractivity contribution in [3.05, 3.63) is 70.4 Å². The van der Waals surface area contributed by atoms with E-state index >= 15 is 0 Å². The third-order valence-corrected chi connectivity index (χ3v) is 4.35. The van der Waals surface area contributed by atoms with Gasteiger partial charge >= 0.3 is 0 Å². The number of methoxy groups -OCH3 is 1. The summed E-state index contributed by atoms with van der Waals surface area (Å²) >= 11 is 0. The Bertz CT molecular complexity index is 1190. The van der Waals surface area contributed by atoms with Crippen molar-refractivity contribution < 1.29 is 9.53 Å². The summed E-state index contributed by atoms with van der Waals surface area (Å²) < 4.78 is 7.01. The fourth-order valence-corrected chi connectivity index (χ4v) is 2.94. The normalized spacial score (nSPS) is 11.0. The third-order valence-electron chi connectivity index (χ3n) is 4.35. The van der Waals surface area contributed by atoms with Crippen molar-refractivity contribution >= 4 is 22.5 Å². The van der Waals surface area contributed by atoms with Gasteiger partial charge in [0.05, 0.1) is 12.6 Å². The number of pyridine rings is 2. The monoisotopic (exact) mass is 363 g/mol. The van der Waals surface area contributed by atoms with Crippen molar-refractivity contribution in [3.8, 4) is 5.75 Å². The summed E-state index contributed by atoms with van der Waals surface area (Å²) in [5, 5.41) is 11.4. The second-order valence-electron chi connectivity index (χ2n) is 5.99. The fraction of sp³-hybridized carbons (Fsp3) is 0.158. The van der Waals surface area contributed by atoms with Crippen LogP contribution in [0, 0.1) is 0 Å². The number of hydrogen-bond donors (Lipinski definition) is 2. The molecule has 0 unspecified atom stereocenters. The number of nitrogens with zero attached hydrogens (tertiary/aromatic N) is 3. The molecule has 27 heavy (non-hydrogen) atoms. The molecule has 0 aliphatic rings. The van der Waals surface area contributed by atoms with E-state index in [1.54, 1.807) is 25.3 Å². The van der Waals surface area contributed by atoms with Gasteiger partial charge in [0.25, 0.3) is 5.91 Å². The molecular formula is C19H17N5O3. The topological polar surface area (TPSA) is 101 Å². The van der Waals surface area contributed by atoms with Gasteiger partial charge < -0.3 is 15.0 Å². The summed E-state index contributed by atoms with van der Waals surface area (Å²) in [5.41, 5.74) is 1.11. The first-order valence-electron chi connectivity index (χ1n) is 8.43. The van der Waals surface area contributed by atoms with Crippen molar-refractivity contribution in [2.45, 2.75) is 6.42 Å². The number of carbonyl (C=O) groups excluding carboxylic acids is 1. The Kier molecular flexibility index (Phi) is 4.29. The summed E-state index contributed by atoms with van der Waals surface area (Å²) in [6, 6.07) is 10.7. The molecule has 0 aliphatic carbocycles. The van der Waals surface area contributed by atoms with Crippen LogP contribution >= 0.6 is 0 Å². The molecule has 4 rings (SSSR count). The Balaban J connectivity index is 1.49. The number of hydrogen-bond acceptors (Lipinski definition) is 5. The Hall–Kier alpha value is -3.68. The SMILES string of the molecule is COc1ccc2c(=O)c(C(=O)NCCc3nnc4ccccn34)c[nH]c2c1.